The number of para-hydroxylation sites is 2. The molecule has 0 saturated heterocycles. The molecule has 0 aliphatic heterocycles. The van der Waals surface area contributed by atoms with E-state index in [1.54, 1.807) is 0 Å². The van der Waals surface area contributed by atoms with Crippen LogP contribution in [-0.2, 0) is 0 Å². The van der Waals surface area contributed by atoms with Crippen LogP contribution >= 0.6 is 0 Å². The van der Waals surface area contributed by atoms with Crippen LogP contribution in [-0.4, -0.2) is 30.4 Å². The summed E-state index contributed by atoms with van der Waals surface area (Å²) in [5.74, 6) is 1.94. The van der Waals surface area contributed by atoms with Crippen molar-refractivity contribution in [3.8, 4) is 90.6 Å². The van der Waals surface area contributed by atoms with Crippen LogP contribution < -0.4 is 0 Å². The second kappa shape index (κ2) is 15.5. The molecule has 0 unspecified atom stereocenters. The van der Waals surface area contributed by atoms with Gasteiger partial charge < -0.3 is 8.83 Å². The van der Waals surface area contributed by atoms with E-state index in [9.17, 15) is 0 Å². The van der Waals surface area contributed by atoms with Gasteiger partial charge in [-0.1, -0.05) is 146 Å². The molecular weight excluding hydrogens is 789 g/mol. The lowest BCUT2D eigenvalue weighted by Crippen LogP contribution is -1.98. The first-order chi connectivity index (χ1) is 31.7. The lowest BCUT2D eigenvalue weighted by Gasteiger charge is -2.17. The Morgan fingerprint density at radius 3 is 0.891 bits per heavy atom. The van der Waals surface area contributed by atoms with Crippen LogP contribution in [0.15, 0.2) is 215 Å². The lowest BCUT2D eigenvalue weighted by molar-refractivity contribution is 0.584. The van der Waals surface area contributed by atoms with Gasteiger partial charge in [-0.3, -0.25) is 0 Å². The largest absolute Gasteiger partial charge is 0.416 e. The Labute approximate surface area is 367 Å². The molecule has 0 aliphatic carbocycles. The topological polar surface area (TPSA) is 104 Å². The van der Waals surface area contributed by atoms with Crippen LogP contribution in [0.25, 0.3) is 123 Å². The van der Waals surface area contributed by atoms with Crippen LogP contribution in [0.4, 0.5) is 0 Å². The highest BCUT2D eigenvalue weighted by Gasteiger charge is 2.21. The van der Waals surface area contributed by atoms with E-state index in [0.29, 0.717) is 23.6 Å². The van der Waals surface area contributed by atoms with Crippen molar-refractivity contribution >= 4 is 32.6 Å². The fourth-order valence-electron chi connectivity index (χ4n) is 8.55. The molecule has 3 heterocycles. The van der Waals surface area contributed by atoms with Gasteiger partial charge in [-0.15, -0.1) is 20.4 Å². The molecule has 0 spiro atoms. The number of aromatic nitrogens is 6. The van der Waals surface area contributed by atoms with Crippen LogP contribution in [0.2, 0.25) is 0 Å². The summed E-state index contributed by atoms with van der Waals surface area (Å²) in [4.78, 5) is 10.8. The third-order valence-electron chi connectivity index (χ3n) is 11.7. The van der Waals surface area contributed by atoms with Crippen molar-refractivity contribution in [1.29, 1.82) is 0 Å². The molecular formula is C56H34N6O2. The highest BCUT2D eigenvalue weighted by Crippen LogP contribution is 2.43. The van der Waals surface area contributed by atoms with Crippen molar-refractivity contribution in [2.45, 2.75) is 0 Å². The Morgan fingerprint density at radius 2 is 0.516 bits per heavy atom. The van der Waals surface area contributed by atoms with Crippen LogP contribution in [0, 0.1) is 0 Å². The lowest BCUT2D eigenvalue weighted by atomic mass is 9.90. The van der Waals surface area contributed by atoms with Crippen molar-refractivity contribution in [2.75, 3.05) is 0 Å². The normalized spacial score (nSPS) is 11.4. The second-order valence-electron chi connectivity index (χ2n) is 15.5. The molecule has 3 aromatic heterocycles. The Morgan fingerprint density at radius 1 is 0.234 bits per heavy atom. The van der Waals surface area contributed by atoms with Gasteiger partial charge in [0.2, 0.25) is 23.6 Å². The van der Waals surface area contributed by atoms with Crippen LogP contribution in [0.5, 0.6) is 0 Å². The van der Waals surface area contributed by atoms with E-state index in [2.05, 4.69) is 117 Å². The van der Waals surface area contributed by atoms with E-state index in [0.717, 1.165) is 99.6 Å². The minimum atomic E-state index is 0.477. The van der Waals surface area contributed by atoms with Crippen LogP contribution in [0.1, 0.15) is 0 Å². The SMILES string of the molecule is c1ccc(-c2nnc(-c3ccc(-c4ccc(-c5nc6ccccc6nc5-c5ccc(-c6ccc(-c7nnc(-c8ccccc8)o7)cc6)c6ccccc56)c5ccccc45)cc3)o2)cc1. The Kier molecular flexibility index (Phi) is 8.97. The summed E-state index contributed by atoms with van der Waals surface area (Å²) in [5.41, 5.74) is 13.1. The Balaban J connectivity index is 0.929. The molecule has 8 heteroatoms. The highest BCUT2D eigenvalue weighted by atomic mass is 16.4. The predicted molar refractivity (Wildman–Crippen MR) is 254 cm³/mol. The van der Waals surface area contributed by atoms with Gasteiger partial charge >= 0.3 is 0 Å². The first kappa shape index (κ1) is 36.9. The second-order valence-corrected chi connectivity index (χ2v) is 15.5. The van der Waals surface area contributed by atoms with Gasteiger partial charge in [-0.2, -0.15) is 0 Å². The number of rotatable bonds is 8. The number of fused-ring (bicyclic) bond motifs is 3. The molecule has 0 N–H and O–H groups in total. The molecule has 8 nitrogen and oxygen atoms in total. The van der Waals surface area contributed by atoms with Gasteiger partial charge in [0.25, 0.3) is 0 Å². The summed E-state index contributed by atoms with van der Waals surface area (Å²) in [7, 11) is 0. The van der Waals surface area contributed by atoms with E-state index < -0.39 is 0 Å². The van der Waals surface area contributed by atoms with Crippen molar-refractivity contribution in [3.63, 3.8) is 0 Å². The van der Waals surface area contributed by atoms with Gasteiger partial charge in [0, 0.05) is 33.4 Å². The fourth-order valence-corrected chi connectivity index (χ4v) is 8.55. The average molecular weight is 823 g/mol. The average Bonchev–Trinajstić information content (AvgIpc) is 4.08. The van der Waals surface area contributed by atoms with Gasteiger partial charge in [0.05, 0.1) is 22.4 Å². The summed E-state index contributed by atoms with van der Waals surface area (Å²) in [6.07, 6.45) is 0. The Bertz CT molecular complexity index is 3420. The van der Waals surface area contributed by atoms with Gasteiger partial charge in [-0.25, -0.2) is 9.97 Å². The third kappa shape index (κ3) is 6.58. The summed E-state index contributed by atoms with van der Waals surface area (Å²) >= 11 is 0. The first-order valence-corrected chi connectivity index (χ1v) is 21.0. The summed E-state index contributed by atoms with van der Waals surface area (Å²) < 4.78 is 12.1. The van der Waals surface area contributed by atoms with E-state index in [1.165, 1.54) is 0 Å². The smallest absolute Gasteiger partial charge is 0.248 e. The summed E-state index contributed by atoms with van der Waals surface area (Å²) in [6, 6.07) is 70.1. The molecule has 12 rings (SSSR count). The van der Waals surface area contributed by atoms with Gasteiger partial charge in [0.15, 0.2) is 0 Å². The van der Waals surface area contributed by atoms with Crippen molar-refractivity contribution in [3.05, 3.63) is 206 Å². The zero-order chi connectivity index (χ0) is 42.4. The first-order valence-electron chi connectivity index (χ1n) is 21.0. The van der Waals surface area contributed by atoms with Crippen molar-refractivity contribution < 1.29 is 8.83 Å². The van der Waals surface area contributed by atoms with E-state index in [4.69, 9.17) is 18.8 Å². The minimum absolute atomic E-state index is 0.477. The van der Waals surface area contributed by atoms with Gasteiger partial charge in [0.1, 0.15) is 0 Å². The standard InChI is InChI=1S/C56H34N6O2/c1-3-13-37(14-4-1)53-59-61-55(63-53)39-27-23-35(24-28-39)41-31-33-47(45-19-9-7-17-43(41)45)51-52(58-50-22-12-11-21-49(50)57-51)48-34-32-42(44-18-8-10-20-46(44)48)36-25-29-40(30-26-36)56-62-60-54(64-56)38-15-5-2-6-16-38/h1-34H. The van der Waals surface area contributed by atoms with Crippen molar-refractivity contribution in [1.82, 2.24) is 30.4 Å². The highest BCUT2D eigenvalue weighted by molar-refractivity contribution is 6.10. The molecule has 12 aromatic rings. The van der Waals surface area contributed by atoms with Crippen molar-refractivity contribution in [2.24, 2.45) is 0 Å². The molecule has 0 amide bonds. The summed E-state index contributed by atoms with van der Waals surface area (Å²) in [5, 5.41) is 21.6. The molecule has 300 valence electrons. The monoisotopic (exact) mass is 822 g/mol. The van der Waals surface area contributed by atoms with E-state index in [1.807, 2.05) is 109 Å². The molecule has 0 fully saturated rings. The van der Waals surface area contributed by atoms with E-state index in [-0.39, 0.29) is 0 Å². The van der Waals surface area contributed by atoms with Crippen LogP contribution in [0.3, 0.4) is 0 Å². The molecule has 9 aromatic carbocycles. The molecule has 0 radical (unpaired) electrons. The van der Waals surface area contributed by atoms with Gasteiger partial charge in [-0.05, 0) is 104 Å². The number of hydrogen-bond acceptors (Lipinski definition) is 8. The molecule has 0 aliphatic rings. The number of benzene rings is 9. The zero-order valence-electron chi connectivity index (χ0n) is 34.1. The molecule has 0 atom stereocenters. The third-order valence-corrected chi connectivity index (χ3v) is 11.7. The number of hydrogen-bond donors (Lipinski definition) is 0. The van der Waals surface area contributed by atoms with E-state index >= 15 is 0 Å². The maximum absolute atomic E-state index is 6.06. The minimum Gasteiger partial charge on any atom is -0.416 e. The number of nitrogens with zero attached hydrogens (tertiary/aromatic N) is 6. The maximum atomic E-state index is 6.06. The fraction of sp³-hybridized carbons (Fsp3) is 0. The maximum Gasteiger partial charge on any atom is 0.248 e. The molecule has 64 heavy (non-hydrogen) atoms. The quantitative estimate of drug-likeness (QED) is 0.149. The Hall–Kier alpha value is -8.88. The molecule has 0 saturated carbocycles. The molecule has 0 bridgehead atoms. The summed E-state index contributed by atoms with van der Waals surface area (Å²) in [6.45, 7) is 0. The predicted octanol–water partition coefficient (Wildman–Crippen LogP) is 14.0. The zero-order valence-corrected chi connectivity index (χ0v) is 34.1.